The Bertz CT molecular complexity index is 396. The lowest BCUT2D eigenvalue weighted by Crippen LogP contribution is -2.37. The van der Waals surface area contributed by atoms with Crippen molar-refractivity contribution in [2.75, 3.05) is 26.0 Å². The highest BCUT2D eigenvalue weighted by atomic mass is 16.5. The fourth-order valence-electron chi connectivity index (χ4n) is 1.40. The normalized spacial score (nSPS) is 11.9. The van der Waals surface area contributed by atoms with Crippen LogP contribution < -0.4 is 10.5 Å². The predicted octanol–water partition coefficient (Wildman–Crippen LogP) is 0.877. The topological polar surface area (TPSA) is 75.8 Å². The van der Waals surface area contributed by atoms with Crippen LogP contribution in [0.4, 0.5) is 5.69 Å². The number of likely N-dealkylation sites (N-methyl/N-ethyl adjacent to an activating group) is 1. The van der Waals surface area contributed by atoms with Gasteiger partial charge in [0.15, 0.2) is 0 Å². The average molecular weight is 252 g/mol. The van der Waals surface area contributed by atoms with Crippen LogP contribution in [0.15, 0.2) is 24.3 Å². The molecule has 1 atom stereocenters. The quantitative estimate of drug-likeness (QED) is 0.737. The van der Waals surface area contributed by atoms with Gasteiger partial charge in [0.05, 0.1) is 31.4 Å². The third-order valence-corrected chi connectivity index (χ3v) is 2.81. The fraction of sp³-hybridized carbons (Fsp3) is 0.462. The Morgan fingerprint density at radius 3 is 2.78 bits per heavy atom. The molecular formula is C13H20N2O3. The maximum atomic E-state index is 11.7. The smallest absolute Gasteiger partial charge is 0.226 e. The first kappa shape index (κ1) is 14.3. The summed E-state index contributed by atoms with van der Waals surface area (Å²) < 4.78 is 5.44. The maximum absolute atomic E-state index is 11.7. The lowest BCUT2D eigenvalue weighted by Gasteiger charge is -2.23. The number of benzene rings is 1. The van der Waals surface area contributed by atoms with Crippen molar-refractivity contribution in [3.05, 3.63) is 24.3 Å². The molecule has 0 saturated heterocycles. The molecule has 0 bridgehead atoms. The van der Waals surface area contributed by atoms with Crippen molar-refractivity contribution in [3.63, 3.8) is 0 Å². The van der Waals surface area contributed by atoms with Gasteiger partial charge >= 0.3 is 0 Å². The van der Waals surface area contributed by atoms with E-state index in [-0.39, 0.29) is 31.6 Å². The number of aliphatic hydroxyl groups excluding tert-OH is 1. The predicted molar refractivity (Wildman–Crippen MR) is 70.3 cm³/mol. The van der Waals surface area contributed by atoms with E-state index in [1.54, 1.807) is 26.1 Å². The number of carbonyl (C=O) groups is 1. The van der Waals surface area contributed by atoms with Crippen molar-refractivity contribution in [3.8, 4) is 5.75 Å². The third-order valence-electron chi connectivity index (χ3n) is 2.81. The van der Waals surface area contributed by atoms with Crippen molar-refractivity contribution in [2.45, 2.75) is 19.4 Å². The molecule has 18 heavy (non-hydrogen) atoms. The molecule has 0 aromatic heterocycles. The summed E-state index contributed by atoms with van der Waals surface area (Å²) in [6.45, 7) is 2.01. The zero-order valence-electron chi connectivity index (χ0n) is 10.8. The number of rotatable bonds is 6. The van der Waals surface area contributed by atoms with Gasteiger partial charge in [-0.15, -0.1) is 0 Å². The first-order chi connectivity index (χ1) is 8.56. The molecule has 0 fully saturated rings. The molecule has 1 unspecified atom stereocenters. The highest BCUT2D eigenvalue weighted by Crippen LogP contribution is 2.19. The molecule has 0 spiro atoms. The molecule has 3 N–H and O–H groups in total. The molecule has 1 amide bonds. The lowest BCUT2D eigenvalue weighted by atomic mass is 10.3. The highest BCUT2D eigenvalue weighted by molar-refractivity contribution is 5.76. The van der Waals surface area contributed by atoms with Gasteiger partial charge in [0.1, 0.15) is 5.75 Å². The number of nitrogens with two attached hydrogens (primary N) is 1. The fourth-order valence-corrected chi connectivity index (χ4v) is 1.40. The van der Waals surface area contributed by atoms with Gasteiger partial charge in [0, 0.05) is 7.05 Å². The van der Waals surface area contributed by atoms with Gasteiger partial charge in [0.25, 0.3) is 0 Å². The number of hydrogen-bond acceptors (Lipinski definition) is 4. The summed E-state index contributed by atoms with van der Waals surface area (Å²) in [5.74, 6) is 0.522. The van der Waals surface area contributed by atoms with Gasteiger partial charge in [-0.3, -0.25) is 4.79 Å². The second kappa shape index (κ2) is 6.86. The molecule has 0 aliphatic carbocycles. The summed E-state index contributed by atoms with van der Waals surface area (Å²) in [5, 5.41) is 8.95. The molecule has 1 aromatic rings. The van der Waals surface area contributed by atoms with E-state index in [0.29, 0.717) is 11.4 Å². The van der Waals surface area contributed by atoms with E-state index >= 15 is 0 Å². The van der Waals surface area contributed by atoms with Crippen LogP contribution in [0.2, 0.25) is 0 Å². The van der Waals surface area contributed by atoms with Gasteiger partial charge < -0.3 is 20.5 Å². The molecular weight excluding hydrogens is 232 g/mol. The van der Waals surface area contributed by atoms with Crippen molar-refractivity contribution in [1.82, 2.24) is 4.90 Å². The second-order valence-electron chi connectivity index (χ2n) is 4.17. The molecule has 0 radical (unpaired) electrons. The molecule has 5 heteroatoms. The molecule has 1 aromatic carbocycles. The Morgan fingerprint density at radius 1 is 1.50 bits per heavy atom. The van der Waals surface area contributed by atoms with Gasteiger partial charge in [-0.1, -0.05) is 12.1 Å². The lowest BCUT2D eigenvalue weighted by molar-refractivity contribution is -0.132. The Labute approximate surface area is 107 Å². The second-order valence-corrected chi connectivity index (χ2v) is 4.17. The zero-order valence-corrected chi connectivity index (χ0v) is 10.8. The van der Waals surface area contributed by atoms with Crippen LogP contribution in [0, 0.1) is 0 Å². The minimum Gasteiger partial charge on any atom is -0.491 e. The SMILES string of the molecule is CC(CO)N(C)C(=O)CCOc1ccccc1N. The molecule has 0 aliphatic heterocycles. The Hall–Kier alpha value is -1.75. The van der Waals surface area contributed by atoms with E-state index in [0.717, 1.165) is 0 Å². The van der Waals surface area contributed by atoms with Crippen LogP contribution >= 0.6 is 0 Å². The van der Waals surface area contributed by atoms with E-state index < -0.39 is 0 Å². The van der Waals surface area contributed by atoms with Gasteiger partial charge in [-0.25, -0.2) is 0 Å². The molecule has 0 aliphatic rings. The van der Waals surface area contributed by atoms with Crippen LogP contribution in [0.3, 0.4) is 0 Å². The number of hydrogen-bond donors (Lipinski definition) is 2. The number of para-hydroxylation sites is 2. The average Bonchev–Trinajstić information content (AvgIpc) is 2.39. The number of nitrogen functional groups attached to an aromatic ring is 1. The first-order valence-electron chi connectivity index (χ1n) is 5.90. The number of aliphatic hydroxyl groups is 1. The zero-order chi connectivity index (χ0) is 13.5. The molecule has 1 rings (SSSR count). The van der Waals surface area contributed by atoms with E-state index in [4.69, 9.17) is 15.6 Å². The molecule has 0 heterocycles. The minimum absolute atomic E-state index is 0.0469. The van der Waals surface area contributed by atoms with Gasteiger partial charge in [-0.2, -0.15) is 0 Å². The standard InChI is InChI=1S/C13H20N2O3/c1-10(9-16)15(2)13(17)7-8-18-12-6-4-3-5-11(12)14/h3-6,10,16H,7-9,14H2,1-2H3. The van der Waals surface area contributed by atoms with Crippen molar-refractivity contribution in [1.29, 1.82) is 0 Å². The van der Waals surface area contributed by atoms with Crippen molar-refractivity contribution < 1.29 is 14.6 Å². The third kappa shape index (κ3) is 3.92. The number of nitrogens with zero attached hydrogens (tertiary/aromatic N) is 1. The summed E-state index contributed by atoms with van der Waals surface area (Å²) in [6, 6.07) is 6.98. The number of carbonyl (C=O) groups excluding carboxylic acids is 1. The molecule has 100 valence electrons. The largest absolute Gasteiger partial charge is 0.491 e. The van der Waals surface area contributed by atoms with E-state index in [9.17, 15) is 4.79 Å². The Kier molecular flexibility index (Phi) is 5.45. The van der Waals surface area contributed by atoms with E-state index in [1.165, 1.54) is 4.90 Å². The monoisotopic (exact) mass is 252 g/mol. The summed E-state index contributed by atoms with van der Waals surface area (Å²) in [4.78, 5) is 13.2. The van der Waals surface area contributed by atoms with E-state index in [2.05, 4.69) is 0 Å². The summed E-state index contributed by atoms with van der Waals surface area (Å²) in [7, 11) is 1.67. The van der Waals surface area contributed by atoms with Gasteiger partial charge in [0.2, 0.25) is 5.91 Å². The number of amides is 1. The van der Waals surface area contributed by atoms with Crippen molar-refractivity contribution in [2.24, 2.45) is 0 Å². The van der Waals surface area contributed by atoms with Crippen LogP contribution in [-0.4, -0.2) is 42.2 Å². The Balaban J connectivity index is 2.38. The summed E-state index contributed by atoms with van der Waals surface area (Å²) >= 11 is 0. The van der Waals surface area contributed by atoms with Crippen LogP contribution in [0.25, 0.3) is 0 Å². The summed E-state index contributed by atoms with van der Waals surface area (Å²) in [5.41, 5.74) is 6.27. The van der Waals surface area contributed by atoms with Crippen LogP contribution in [0.5, 0.6) is 5.75 Å². The van der Waals surface area contributed by atoms with Crippen molar-refractivity contribution >= 4 is 11.6 Å². The molecule has 5 nitrogen and oxygen atoms in total. The maximum Gasteiger partial charge on any atom is 0.226 e. The minimum atomic E-state index is -0.181. The van der Waals surface area contributed by atoms with Crippen LogP contribution in [-0.2, 0) is 4.79 Å². The molecule has 0 saturated carbocycles. The summed E-state index contributed by atoms with van der Waals surface area (Å²) in [6.07, 6.45) is 0.259. The Morgan fingerprint density at radius 2 is 2.17 bits per heavy atom. The number of ether oxygens (including phenoxy) is 1. The number of anilines is 1. The van der Waals surface area contributed by atoms with Gasteiger partial charge in [-0.05, 0) is 19.1 Å². The highest BCUT2D eigenvalue weighted by Gasteiger charge is 2.14. The van der Waals surface area contributed by atoms with E-state index in [1.807, 2.05) is 12.1 Å². The van der Waals surface area contributed by atoms with Crippen LogP contribution in [0.1, 0.15) is 13.3 Å². The first-order valence-corrected chi connectivity index (χ1v) is 5.90.